The van der Waals surface area contributed by atoms with Crippen LogP contribution in [0.25, 0.3) is 11.1 Å². The molecule has 0 spiro atoms. The van der Waals surface area contributed by atoms with Gasteiger partial charge in [-0.1, -0.05) is 12.1 Å². The summed E-state index contributed by atoms with van der Waals surface area (Å²) in [5, 5.41) is 4.97. The summed E-state index contributed by atoms with van der Waals surface area (Å²) in [7, 11) is -4.00. The minimum absolute atomic E-state index is 0.00965. The van der Waals surface area contributed by atoms with Gasteiger partial charge in [-0.15, -0.1) is 0 Å². The molecule has 1 aromatic heterocycles. The Morgan fingerprint density at radius 2 is 1.52 bits per heavy atom. The van der Waals surface area contributed by atoms with E-state index in [0.29, 0.717) is 12.2 Å². The molecule has 2 aromatic rings. The number of halogens is 5. The Morgan fingerprint density at radius 1 is 0.926 bits per heavy atom. The third kappa shape index (κ3) is 4.06. The van der Waals surface area contributed by atoms with Gasteiger partial charge in [-0.2, -0.15) is 22.0 Å². The summed E-state index contributed by atoms with van der Waals surface area (Å²) in [6.07, 6.45) is -2.40. The van der Waals surface area contributed by atoms with Gasteiger partial charge in [0.1, 0.15) is 4.90 Å². The average Bonchev–Trinajstić information content (AvgIpc) is 2.89. The quantitative estimate of drug-likeness (QED) is 0.793. The van der Waals surface area contributed by atoms with Gasteiger partial charge in [0, 0.05) is 11.8 Å². The van der Waals surface area contributed by atoms with E-state index in [1.807, 2.05) is 0 Å². The molecular weight excluding hydrogens is 391 g/mol. The molecule has 1 heterocycles. The minimum Gasteiger partial charge on any atom is -0.255 e. The van der Waals surface area contributed by atoms with Gasteiger partial charge in [0.15, 0.2) is 0 Å². The molecule has 0 radical (unpaired) electrons. The highest BCUT2D eigenvalue weighted by Crippen LogP contribution is 2.42. The number of nitrogens with two attached hydrogens (primary N) is 1. The number of allylic oxidation sites excluding steroid dienone is 4. The number of sulfonamides is 1. The maximum Gasteiger partial charge on any atom is 0.416 e. The Labute approximate surface area is 150 Å². The van der Waals surface area contributed by atoms with Gasteiger partial charge in [0.2, 0.25) is 10.0 Å². The summed E-state index contributed by atoms with van der Waals surface area (Å²) in [5.41, 5.74) is -0.766. The molecule has 1 aromatic carbocycles. The Bertz CT molecular complexity index is 1040. The molecule has 0 aliphatic heterocycles. The highest BCUT2D eigenvalue weighted by molar-refractivity contribution is 7.89. The maximum atomic E-state index is 13.9. The van der Waals surface area contributed by atoms with E-state index >= 15 is 0 Å². The fourth-order valence-corrected chi connectivity index (χ4v) is 3.04. The predicted molar refractivity (Wildman–Crippen MR) is 88.0 cm³/mol. The molecule has 4 nitrogen and oxygen atoms in total. The monoisotopic (exact) mass is 402 g/mol. The van der Waals surface area contributed by atoms with Crippen LogP contribution in [-0.2, 0) is 16.2 Å². The Kier molecular flexibility index (Phi) is 4.43. The molecule has 0 amide bonds. The van der Waals surface area contributed by atoms with Crippen molar-refractivity contribution in [1.29, 1.82) is 0 Å². The number of hydrogen-bond acceptors (Lipinski definition) is 3. The molecule has 2 N–H and O–H groups in total. The number of primary sulfonamides is 1. The van der Waals surface area contributed by atoms with Gasteiger partial charge in [0.05, 0.1) is 11.3 Å². The molecular formula is C17H11F5N2O2S. The lowest BCUT2D eigenvalue weighted by Crippen LogP contribution is -2.12. The molecule has 1 aliphatic rings. The number of hydrogen-bond donors (Lipinski definition) is 1. The number of benzene rings is 1. The third-order valence-electron chi connectivity index (χ3n) is 3.83. The highest BCUT2D eigenvalue weighted by Gasteiger charge is 2.34. The normalized spacial score (nSPS) is 16.8. The second kappa shape index (κ2) is 6.24. The summed E-state index contributed by atoms with van der Waals surface area (Å²) in [4.78, 5) is 3.55. The topological polar surface area (TPSA) is 73.1 Å². The van der Waals surface area contributed by atoms with Crippen molar-refractivity contribution in [3.63, 3.8) is 0 Å². The summed E-state index contributed by atoms with van der Waals surface area (Å²) < 4.78 is 88.3. The van der Waals surface area contributed by atoms with E-state index in [1.165, 1.54) is 6.07 Å². The average molecular weight is 402 g/mol. The van der Waals surface area contributed by atoms with E-state index in [2.05, 4.69) is 4.98 Å². The lowest BCUT2D eigenvalue weighted by atomic mass is 9.97. The minimum atomic E-state index is -4.55. The van der Waals surface area contributed by atoms with E-state index in [9.17, 15) is 30.4 Å². The molecule has 0 saturated heterocycles. The number of nitrogens with zero attached hydrogens (tertiary/aromatic N) is 1. The highest BCUT2D eigenvalue weighted by atomic mass is 32.2. The summed E-state index contributed by atoms with van der Waals surface area (Å²) in [5.74, 6) is -3.33. The zero-order chi connectivity index (χ0) is 20.0. The number of pyridine rings is 1. The van der Waals surface area contributed by atoms with Crippen LogP contribution in [0.3, 0.4) is 0 Å². The molecule has 0 bridgehead atoms. The molecule has 27 heavy (non-hydrogen) atoms. The van der Waals surface area contributed by atoms with Gasteiger partial charge in [-0.25, -0.2) is 13.6 Å². The van der Waals surface area contributed by atoms with Crippen molar-refractivity contribution in [3.8, 4) is 0 Å². The van der Waals surface area contributed by atoms with Gasteiger partial charge in [0.25, 0.3) is 5.92 Å². The summed E-state index contributed by atoms with van der Waals surface area (Å²) in [6, 6.07) is 6.07. The maximum absolute atomic E-state index is 13.9. The summed E-state index contributed by atoms with van der Waals surface area (Å²) in [6.45, 7) is 0. The van der Waals surface area contributed by atoms with Gasteiger partial charge in [-0.05, 0) is 47.6 Å². The fraction of sp³-hybridized carbons (Fsp3) is 0.118. The van der Waals surface area contributed by atoms with E-state index in [1.54, 1.807) is 0 Å². The fourth-order valence-electron chi connectivity index (χ4n) is 2.58. The Morgan fingerprint density at radius 3 is 2.00 bits per heavy atom. The smallest absolute Gasteiger partial charge is 0.255 e. The van der Waals surface area contributed by atoms with Crippen molar-refractivity contribution in [2.75, 3.05) is 0 Å². The first-order valence-electron chi connectivity index (χ1n) is 7.38. The van der Waals surface area contributed by atoms with Crippen molar-refractivity contribution < 1.29 is 30.4 Å². The van der Waals surface area contributed by atoms with Crippen molar-refractivity contribution in [2.45, 2.75) is 17.0 Å². The lowest BCUT2D eigenvalue weighted by Gasteiger charge is -2.11. The van der Waals surface area contributed by atoms with Crippen LogP contribution >= 0.6 is 0 Å². The van der Waals surface area contributed by atoms with Gasteiger partial charge < -0.3 is 0 Å². The first-order chi connectivity index (χ1) is 12.4. The molecule has 0 unspecified atom stereocenters. The number of aromatic nitrogens is 1. The zero-order valence-corrected chi connectivity index (χ0v) is 14.2. The number of alkyl halides is 5. The molecule has 0 atom stereocenters. The van der Waals surface area contributed by atoms with Crippen molar-refractivity contribution in [2.24, 2.45) is 5.14 Å². The Hall–Kier alpha value is -2.59. The van der Waals surface area contributed by atoms with Crippen molar-refractivity contribution >= 4 is 21.2 Å². The summed E-state index contributed by atoms with van der Waals surface area (Å²) >= 11 is 0. The van der Waals surface area contributed by atoms with Crippen LogP contribution in [-0.4, -0.2) is 19.3 Å². The van der Waals surface area contributed by atoms with E-state index in [4.69, 9.17) is 5.14 Å². The van der Waals surface area contributed by atoms with E-state index in [0.717, 1.165) is 36.5 Å². The molecule has 3 rings (SSSR count). The van der Waals surface area contributed by atoms with E-state index in [-0.39, 0.29) is 27.3 Å². The number of rotatable bonds is 3. The molecule has 142 valence electrons. The second-order valence-electron chi connectivity index (χ2n) is 5.79. The van der Waals surface area contributed by atoms with Crippen LogP contribution in [0.2, 0.25) is 0 Å². The SMILES string of the molecule is NS(=O)(=O)c1ccc(C2=CC(F)(F)C=C2c2ccc(C(F)(F)F)cc2)nc1. The van der Waals surface area contributed by atoms with Crippen LogP contribution in [0, 0.1) is 0 Å². The van der Waals surface area contributed by atoms with Crippen LogP contribution < -0.4 is 5.14 Å². The Balaban J connectivity index is 2.01. The first kappa shape index (κ1) is 19.2. The lowest BCUT2D eigenvalue weighted by molar-refractivity contribution is -0.137. The second-order valence-corrected chi connectivity index (χ2v) is 7.35. The zero-order valence-electron chi connectivity index (χ0n) is 13.3. The predicted octanol–water partition coefficient (Wildman–Crippen LogP) is 3.86. The largest absolute Gasteiger partial charge is 0.416 e. The van der Waals surface area contributed by atoms with Crippen LogP contribution in [0.5, 0.6) is 0 Å². The van der Waals surface area contributed by atoms with Gasteiger partial charge in [-0.3, -0.25) is 4.98 Å². The molecule has 0 saturated carbocycles. The van der Waals surface area contributed by atoms with Crippen LogP contribution in [0.4, 0.5) is 22.0 Å². The molecule has 1 aliphatic carbocycles. The van der Waals surface area contributed by atoms with E-state index < -0.39 is 27.7 Å². The van der Waals surface area contributed by atoms with Crippen LogP contribution in [0.15, 0.2) is 59.6 Å². The van der Waals surface area contributed by atoms with Crippen LogP contribution in [0.1, 0.15) is 16.8 Å². The standard InChI is InChI=1S/C17H11F5N2O2S/c18-16(19)7-13(10-1-3-11(4-2-10)17(20,21)22)14(8-16)15-6-5-12(9-24-15)27(23,25)26/h1-9H,(H2,23,25,26). The van der Waals surface area contributed by atoms with Gasteiger partial charge >= 0.3 is 6.18 Å². The van der Waals surface area contributed by atoms with Crippen molar-refractivity contribution in [1.82, 2.24) is 4.98 Å². The molecule has 10 heteroatoms. The molecule has 0 fully saturated rings. The van der Waals surface area contributed by atoms with Crippen molar-refractivity contribution in [3.05, 3.63) is 71.6 Å². The first-order valence-corrected chi connectivity index (χ1v) is 8.92. The third-order valence-corrected chi connectivity index (χ3v) is 4.73.